The summed E-state index contributed by atoms with van der Waals surface area (Å²) in [5.41, 5.74) is 1.06. The Labute approximate surface area is 88.8 Å². The number of benzene rings is 1. The Kier molecular flexibility index (Phi) is 4.03. The van der Waals surface area contributed by atoms with Crippen LogP contribution in [0.4, 0.5) is 10.1 Å². The topological polar surface area (TPSA) is 29.1 Å². The van der Waals surface area contributed by atoms with Crippen LogP contribution in [0.3, 0.4) is 0 Å². The van der Waals surface area contributed by atoms with E-state index in [1.54, 1.807) is 13.0 Å². The smallest absolute Gasteiger partial charge is 0.164 e. The molecule has 0 saturated carbocycles. The molecule has 15 heavy (non-hydrogen) atoms. The van der Waals surface area contributed by atoms with E-state index in [1.165, 1.54) is 18.2 Å². The highest BCUT2D eigenvalue weighted by Crippen LogP contribution is 2.18. The number of ketones is 1. The normalized spacial score (nSPS) is 9.73. The summed E-state index contributed by atoms with van der Waals surface area (Å²) < 4.78 is 13.0. The number of hydrogen-bond donors (Lipinski definition) is 1. The number of rotatable bonds is 5. The molecule has 0 aliphatic heterocycles. The fraction of sp³-hybridized carbons (Fsp3) is 0.250. The van der Waals surface area contributed by atoms with Gasteiger partial charge in [0.05, 0.1) is 0 Å². The molecule has 0 amide bonds. The first-order valence-corrected chi connectivity index (χ1v) is 4.86. The molecular weight excluding hydrogens is 193 g/mol. The summed E-state index contributed by atoms with van der Waals surface area (Å²) in [6, 6.07) is 4.13. The highest BCUT2D eigenvalue weighted by atomic mass is 19.1. The second kappa shape index (κ2) is 5.29. The molecular formula is C12H14FNO. The molecule has 1 N–H and O–H groups in total. The lowest BCUT2D eigenvalue weighted by Crippen LogP contribution is -2.06. The summed E-state index contributed by atoms with van der Waals surface area (Å²) in [5, 5.41) is 2.94. The van der Waals surface area contributed by atoms with Gasteiger partial charge in [0.1, 0.15) is 5.82 Å². The molecule has 0 bridgehead atoms. The average molecular weight is 207 g/mol. The van der Waals surface area contributed by atoms with Gasteiger partial charge in [-0.1, -0.05) is 13.0 Å². The van der Waals surface area contributed by atoms with Crippen molar-refractivity contribution in [1.82, 2.24) is 0 Å². The lowest BCUT2D eigenvalue weighted by Gasteiger charge is -2.09. The maximum absolute atomic E-state index is 13.0. The Morgan fingerprint density at radius 2 is 2.33 bits per heavy atom. The zero-order valence-corrected chi connectivity index (χ0v) is 8.72. The van der Waals surface area contributed by atoms with Crippen LogP contribution in [0.5, 0.6) is 0 Å². The van der Waals surface area contributed by atoms with Crippen LogP contribution in [0.2, 0.25) is 0 Å². The molecule has 0 atom stereocenters. The van der Waals surface area contributed by atoms with Crippen LogP contribution in [-0.4, -0.2) is 12.3 Å². The first-order valence-electron chi connectivity index (χ1n) is 4.86. The van der Waals surface area contributed by atoms with Gasteiger partial charge in [-0.05, 0) is 18.2 Å². The van der Waals surface area contributed by atoms with E-state index in [9.17, 15) is 9.18 Å². The summed E-state index contributed by atoms with van der Waals surface area (Å²) in [7, 11) is 0. The van der Waals surface area contributed by atoms with Crippen molar-refractivity contribution in [1.29, 1.82) is 0 Å². The monoisotopic (exact) mass is 207 g/mol. The minimum absolute atomic E-state index is 0.00145. The Morgan fingerprint density at radius 3 is 2.93 bits per heavy atom. The first-order chi connectivity index (χ1) is 7.19. The van der Waals surface area contributed by atoms with Crippen molar-refractivity contribution in [3.05, 3.63) is 42.2 Å². The molecule has 0 spiro atoms. The quantitative estimate of drug-likeness (QED) is 0.594. The summed E-state index contributed by atoms with van der Waals surface area (Å²) in [4.78, 5) is 11.5. The van der Waals surface area contributed by atoms with E-state index in [1.807, 2.05) is 0 Å². The van der Waals surface area contributed by atoms with Gasteiger partial charge in [-0.3, -0.25) is 4.79 Å². The predicted molar refractivity (Wildman–Crippen MR) is 59.7 cm³/mol. The van der Waals surface area contributed by atoms with Gasteiger partial charge in [0.15, 0.2) is 5.78 Å². The maximum Gasteiger partial charge on any atom is 0.164 e. The molecule has 0 radical (unpaired) electrons. The van der Waals surface area contributed by atoms with Crippen LogP contribution in [-0.2, 0) is 0 Å². The molecule has 0 aliphatic rings. The molecule has 0 aromatic heterocycles. The van der Waals surface area contributed by atoms with Crippen molar-refractivity contribution in [2.24, 2.45) is 0 Å². The molecule has 1 aromatic rings. The molecule has 0 saturated heterocycles. The van der Waals surface area contributed by atoms with Crippen LogP contribution in [0.1, 0.15) is 23.7 Å². The van der Waals surface area contributed by atoms with Crippen molar-refractivity contribution < 1.29 is 9.18 Å². The second-order valence-corrected chi connectivity index (χ2v) is 3.14. The Balaban J connectivity index is 3.02. The summed E-state index contributed by atoms with van der Waals surface area (Å²) in [5.74, 6) is -0.351. The molecule has 0 aliphatic carbocycles. The lowest BCUT2D eigenvalue weighted by molar-refractivity contribution is 0.0989. The van der Waals surface area contributed by atoms with Crippen molar-refractivity contribution in [2.45, 2.75) is 13.3 Å². The molecule has 0 unspecified atom stereocenters. The van der Waals surface area contributed by atoms with Gasteiger partial charge >= 0.3 is 0 Å². The number of carbonyl (C=O) groups is 1. The third-order valence-electron chi connectivity index (χ3n) is 2.04. The molecule has 0 heterocycles. The highest BCUT2D eigenvalue weighted by Gasteiger charge is 2.09. The van der Waals surface area contributed by atoms with Crippen LogP contribution < -0.4 is 5.32 Å². The number of anilines is 1. The summed E-state index contributed by atoms with van der Waals surface area (Å²) >= 11 is 0. The molecule has 3 heteroatoms. The fourth-order valence-corrected chi connectivity index (χ4v) is 1.28. The summed E-state index contributed by atoms with van der Waals surface area (Å²) in [6.45, 7) is 5.84. The van der Waals surface area contributed by atoms with Gasteiger partial charge < -0.3 is 5.32 Å². The Bertz CT molecular complexity index is 374. The SMILES string of the molecule is C=CCNc1cc(F)ccc1C(=O)CC. The summed E-state index contributed by atoms with van der Waals surface area (Å²) in [6.07, 6.45) is 2.07. The highest BCUT2D eigenvalue weighted by molar-refractivity contribution is 6.01. The van der Waals surface area contributed by atoms with Gasteiger partial charge in [-0.25, -0.2) is 4.39 Å². The zero-order chi connectivity index (χ0) is 11.3. The van der Waals surface area contributed by atoms with E-state index >= 15 is 0 Å². The van der Waals surface area contributed by atoms with E-state index in [2.05, 4.69) is 11.9 Å². The third kappa shape index (κ3) is 2.91. The van der Waals surface area contributed by atoms with E-state index in [0.717, 1.165) is 0 Å². The van der Waals surface area contributed by atoms with Gasteiger partial charge in [-0.15, -0.1) is 6.58 Å². The Morgan fingerprint density at radius 1 is 1.60 bits per heavy atom. The number of halogens is 1. The van der Waals surface area contributed by atoms with E-state index < -0.39 is 0 Å². The van der Waals surface area contributed by atoms with E-state index in [4.69, 9.17) is 0 Å². The van der Waals surface area contributed by atoms with Crippen molar-refractivity contribution >= 4 is 11.5 Å². The van der Waals surface area contributed by atoms with Crippen LogP contribution in [0, 0.1) is 5.82 Å². The fourth-order valence-electron chi connectivity index (χ4n) is 1.28. The molecule has 0 fully saturated rings. The minimum Gasteiger partial charge on any atom is -0.381 e. The molecule has 1 aromatic carbocycles. The van der Waals surface area contributed by atoms with Crippen molar-refractivity contribution in [2.75, 3.05) is 11.9 Å². The maximum atomic E-state index is 13.0. The largest absolute Gasteiger partial charge is 0.381 e. The molecule has 2 nitrogen and oxygen atoms in total. The number of carbonyl (C=O) groups excluding carboxylic acids is 1. The average Bonchev–Trinajstić information content (AvgIpc) is 2.25. The second-order valence-electron chi connectivity index (χ2n) is 3.14. The number of nitrogens with one attached hydrogen (secondary N) is 1. The van der Waals surface area contributed by atoms with Gasteiger partial charge in [0.2, 0.25) is 0 Å². The van der Waals surface area contributed by atoms with E-state index in [0.29, 0.717) is 24.2 Å². The molecule has 80 valence electrons. The molecule has 1 rings (SSSR count). The first kappa shape index (κ1) is 11.4. The lowest BCUT2D eigenvalue weighted by atomic mass is 10.1. The minimum atomic E-state index is -0.353. The zero-order valence-electron chi connectivity index (χ0n) is 8.72. The van der Waals surface area contributed by atoms with Gasteiger partial charge in [-0.2, -0.15) is 0 Å². The van der Waals surface area contributed by atoms with E-state index in [-0.39, 0.29) is 11.6 Å². The predicted octanol–water partition coefficient (Wildman–Crippen LogP) is 3.02. The van der Waals surface area contributed by atoms with Gasteiger partial charge in [0, 0.05) is 24.2 Å². The van der Waals surface area contributed by atoms with Crippen LogP contribution in [0.15, 0.2) is 30.9 Å². The van der Waals surface area contributed by atoms with Crippen LogP contribution in [0.25, 0.3) is 0 Å². The third-order valence-corrected chi connectivity index (χ3v) is 2.04. The van der Waals surface area contributed by atoms with Crippen LogP contribution >= 0.6 is 0 Å². The standard InChI is InChI=1S/C12H14FNO/c1-3-7-14-11-8-9(13)5-6-10(11)12(15)4-2/h3,5-6,8,14H,1,4,7H2,2H3. The van der Waals surface area contributed by atoms with Gasteiger partial charge in [0.25, 0.3) is 0 Å². The van der Waals surface area contributed by atoms with Crippen molar-refractivity contribution in [3.8, 4) is 0 Å². The number of Topliss-reactive ketones (excluding diaryl/α,β-unsaturated/α-hetero) is 1. The number of hydrogen-bond acceptors (Lipinski definition) is 2. The van der Waals surface area contributed by atoms with Crippen molar-refractivity contribution in [3.63, 3.8) is 0 Å². The Hall–Kier alpha value is -1.64.